The van der Waals surface area contributed by atoms with Crippen LogP contribution < -0.4 is 9.64 Å². The van der Waals surface area contributed by atoms with Crippen molar-refractivity contribution in [2.24, 2.45) is 0 Å². The second-order valence-electron chi connectivity index (χ2n) is 7.45. The molecular formula is C20H32N2O2. The summed E-state index contributed by atoms with van der Waals surface area (Å²) in [6.45, 7) is 11.5. The molecule has 24 heavy (non-hydrogen) atoms. The van der Waals surface area contributed by atoms with Gasteiger partial charge in [0.15, 0.2) is 5.75 Å². The lowest BCUT2D eigenvalue weighted by Crippen LogP contribution is -2.49. The van der Waals surface area contributed by atoms with Gasteiger partial charge in [-0.05, 0) is 39.7 Å². The molecule has 4 heteroatoms. The quantitative estimate of drug-likeness (QED) is 0.534. The van der Waals surface area contributed by atoms with Gasteiger partial charge >= 0.3 is 0 Å². The Balaban J connectivity index is 2.37. The summed E-state index contributed by atoms with van der Waals surface area (Å²) in [6.07, 6.45) is 10.1. The summed E-state index contributed by atoms with van der Waals surface area (Å²) in [5.41, 5.74) is 2.00. The van der Waals surface area contributed by atoms with E-state index in [9.17, 15) is 0 Å². The van der Waals surface area contributed by atoms with Gasteiger partial charge in [0.1, 0.15) is 5.69 Å². The first-order chi connectivity index (χ1) is 11.5. The van der Waals surface area contributed by atoms with Crippen LogP contribution >= 0.6 is 0 Å². The standard InChI is InChI=1S/C20H32N2O2/c1-6-14-24-15-17-19(23-5)18(12-13-21-17)22(20(2,3)4)16-10-8-7-9-11-16/h6,12-13,16H,1,7-11,14-15H2,2-5H3. The topological polar surface area (TPSA) is 34.6 Å². The highest BCUT2D eigenvalue weighted by Crippen LogP contribution is 2.39. The van der Waals surface area contributed by atoms with E-state index >= 15 is 0 Å². The zero-order valence-electron chi connectivity index (χ0n) is 15.7. The van der Waals surface area contributed by atoms with Crippen molar-refractivity contribution in [3.8, 4) is 5.75 Å². The average Bonchev–Trinajstić information content (AvgIpc) is 2.55. The monoisotopic (exact) mass is 332 g/mol. The van der Waals surface area contributed by atoms with E-state index in [4.69, 9.17) is 9.47 Å². The Kier molecular flexibility index (Phi) is 6.67. The number of methoxy groups -OCH3 is 1. The number of hydrogen-bond acceptors (Lipinski definition) is 4. The second kappa shape index (κ2) is 8.52. The van der Waals surface area contributed by atoms with Crippen molar-refractivity contribution < 1.29 is 9.47 Å². The Morgan fingerprint density at radius 3 is 2.58 bits per heavy atom. The molecule has 1 aromatic rings. The van der Waals surface area contributed by atoms with Gasteiger partial charge in [-0.3, -0.25) is 4.98 Å². The highest BCUT2D eigenvalue weighted by molar-refractivity contribution is 5.62. The van der Waals surface area contributed by atoms with Crippen molar-refractivity contribution in [2.75, 3.05) is 18.6 Å². The molecule has 0 bridgehead atoms. The molecule has 1 heterocycles. The predicted octanol–water partition coefficient (Wildman–Crippen LogP) is 4.73. The summed E-state index contributed by atoms with van der Waals surface area (Å²) in [5.74, 6) is 0.835. The predicted molar refractivity (Wildman–Crippen MR) is 99.7 cm³/mol. The van der Waals surface area contributed by atoms with E-state index in [0.29, 0.717) is 19.3 Å². The van der Waals surface area contributed by atoms with Gasteiger partial charge in [0.05, 0.1) is 26.0 Å². The third-order valence-corrected chi connectivity index (χ3v) is 4.56. The lowest BCUT2D eigenvalue weighted by Gasteiger charge is -2.45. The third-order valence-electron chi connectivity index (χ3n) is 4.56. The molecule has 0 radical (unpaired) electrons. The smallest absolute Gasteiger partial charge is 0.166 e. The van der Waals surface area contributed by atoms with Gasteiger partial charge in [-0.2, -0.15) is 0 Å². The van der Waals surface area contributed by atoms with E-state index in [2.05, 4.69) is 43.3 Å². The van der Waals surface area contributed by atoms with Crippen LogP contribution in [0.25, 0.3) is 0 Å². The molecule has 4 nitrogen and oxygen atoms in total. The van der Waals surface area contributed by atoms with E-state index in [0.717, 1.165) is 17.1 Å². The Bertz CT molecular complexity index is 531. The van der Waals surface area contributed by atoms with Gasteiger partial charge in [-0.25, -0.2) is 0 Å². The average molecular weight is 332 g/mol. The maximum Gasteiger partial charge on any atom is 0.166 e. The van der Waals surface area contributed by atoms with E-state index in [1.807, 2.05) is 6.20 Å². The highest BCUT2D eigenvalue weighted by Gasteiger charge is 2.32. The molecular weight excluding hydrogens is 300 g/mol. The summed E-state index contributed by atoms with van der Waals surface area (Å²) in [4.78, 5) is 7.01. The van der Waals surface area contributed by atoms with Gasteiger partial charge in [-0.15, -0.1) is 6.58 Å². The molecule has 0 aromatic carbocycles. The minimum absolute atomic E-state index is 0.0237. The van der Waals surface area contributed by atoms with Gasteiger partial charge in [0.2, 0.25) is 0 Å². The number of ether oxygens (including phenoxy) is 2. The molecule has 1 aliphatic carbocycles. The van der Waals surface area contributed by atoms with E-state index in [1.54, 1.807) is 13.2 Å². The van der Waals surface area contributed by atoms with Gasteiger partial charge in [-0.1, -0.05) is 25.3 Å². The van der Waals surface area contributed by atoms with Crippen molar-refractivity contribution >= 4 is 5.69 Å². The van der Waals surface area contributed by atoms with Crippen LogP contribution in [0.3, 0.4) is 0 Å². The number of anilines is 1. The lowest BCUT2D eigenvalue weighted by molar-refractivity contribution is 0.143. The Morgan fingerprint density at radius 2 is 2.00 bits per heavy atom. The first-order valence-electron chi connectivity index (χ1n) is 8.99. The number of rotatable bonds is 7. The number of pyridine rings is 1. The van der Waals surface area contributed by atoms with Crippen molar-refractivity contribution in [3.05, 3.63) is 30.6 Å². The zero-order valence-corrected chi connectivity index (χ0v) is 15.7. The summed E-state index contributed by atoms with van der Waals surface area (Å²) in [7, 11) is 1.72. The molecule has 0 amide bonds. The molecule has 0 atom stereocenters. The fourth-order valence-corrected chi connectivity index (χ4v) is 3.68. The first-order valence-corrected chi connectivity index (χ1v) is 8.99. The van der Waals surface area contributed by atoms with E-state index in [-0.39, 0.29) is 5.54 Å². The molecule has 1 aliphatic rings. The van der Waals surface area contributed by atoms with Gasteiger partial charge < -0.3 is 14.4 Å². The number of hydrogen-bond donors (Lipinski definition) is 0. The molecule has 2 rings (SSSR count). The first kappa shape index (κ1) is 18.8. The van der Waals surface area contributed by atoms with Crippen molar-refractivity contribution in [1.29, 1.82) is 0 Å². The minimum Gasteiger partial charge on any atom is -0.493 e. The number of nitrogens with zero attached hydrogens (tertiary/aromatic N) is 2. The van der Waals surface area contributed by atoms with E-state index < -0.39 is 0 Å². The van der Waals surface area contributed by atoms with Crippen LogP contribution in [-0.4, -0.2) is 30.3 Å². The summed E-state index contributed by atoms with van der Waals surface area (Å²) >= 11 is 0. The van der Waals surface area contributed by atoms with Gasteiger partial charge in [0.25, 0.3) is 0 Å². The molecule has 1 fully saturated rings. The zero-order chi connectivity index (χ0) is 17.6. The minimum atomic E-state index is 0.0237. The molecule has 0 unspecified atom stereocenters. The van der Waals surface area contributed by atoms with Crippen LogP contribution in [0.5, 0.6) is 5.75 Å². The van der Waals surface area contributed by atoms with Crippen molar-refractivity contribution in [3.63, 3.8) is 0 Å². The molecule has 0 spiro atoms. The van der Waals surface area contributed by atoms with Crippen LogP contribution in [0.15, 0.2) is 24.9 Å². The van der Waals surface area contributed by atoms with Crippen LogP contribution in [0, 0.1) is 0 Å². The molecule has 0 saturated heterocycles. The van der Waals surface area contributed by atoms with Crippen LogP contribution in [0.4, 0.5) is 5.69 Å². The molecule has 1 saturated carbocycles. The number of aromatic nitrogens is 1. The summed E-state index contributed by atoms with van der Waals surface area (Å²) < 4.78 is 11.4. The van der Waals surface area contributed by atoms with E-state index in [1.165, 1.54) is 32.1 Å². The van der Waals surface area contributed by atoms with Crippen LogP contribution in [0.1, 0.15) is 58.6 Å². The summed E-state index contributed by atoms with van der Waals surface area (Å²) in [6, 6.07) is 2.63. The normalized spacial score (nSPS) is 16.0. The molecule has 1 aromatic heterocycles. The van der Waals surface area contributed by atoms with Crippen LogP contribution in [-0.2, 0) is 11.3 Å². The van der Waals surface area contributed by atoms with Gasteiger partial charge in [0, 0.05) is 17.8 Å². The van der Waals surface area contributed by atoms with Crippen molar-refractivity contribution in [2.45, 2.75) is 71.1 Å². The molecule has 0 aliphatic heterocycles. The fourth-order valence-electron chi connectivity index (χ4n) is 3.68. The fraction of sp³-hybridized carbons (Fsp3) is 0.650. The largest absolute Gasteiger partial charge is 0.493 e. The second-order valence-corrected chi connectivity index (χ2v) is 7.45. The molecule has 134 valence electrons. The Morgan fingerprint density at radius 1 is 1.29 bits per heavy atom. The Hall–Kier alpha value is -1.55. The third kappa shape index (κ3) is 4.50. The van der Waals surface area contributed by atoms with Crippen molar-refractivity contribution in [1.82, 2.24) is 4.98 Å². The maximum atomic E-state index is 5.76. The Labute approximate surface area is 146 Å². The maximum absolute atomic E-state index is 5.76. The molecule has 0 N–H and O–H groups in total. The summed E-state index contributed by atoms with van der Waals surface area (Å²) in [5, 5.41) is 0. The lowest BCUT2D eigenvalue weighted by atomic mass is 9.90. The van der Waals surface area contributed by atoms with Crippen LogP contribution in [0.2, 0.25) is 0 Å². The SMILES string of the molecule is C=CCOCc1nccc(N(C2CCCCC2)C(C)(C)C)c1OC. The highest BCUT2D eigenvalue weighted by atomic mass is 16.5.